The van der Waals surface area contributed by atoms with E-state index in [2.05, 4.69) is 27.4 Å². The van der Waals surface area contributed by atoms with Gasteiger partial charge in [-0.1, -0.05) is 27.4 Å². The molecule has 3 atom stereocenters. The molecule has 3 N–H and O–H groups in total. The van der Waals surface area contributed by atoms with Gasteiger partial charge in [-0.15, -0.1) is 0 Å². The van der Waals surface area contributed by atoms with Gasteiger partial charge in [0.25, 0.3) is 6.26 Å². The third-order valence-corrected chi connectivity index (χ3v) is 4.15. The zero-order valence-electron chi connectivity index (χ0n) is 13.2. The molecule has 21 heavy (non-hydrogen) atoms. The van der Waals surface area contributed by atoms with Crippen LogP contribution in [0.25, 0.3) is 0 Å². The molecule has 1 rings (SSSR count). The number of carboxylic acids is 1. The van der Waals surface area contributed by atoms with E-state index in [1.807, 2.05) is 0 Å². The van der Waals surface area contributed by atoms with Crippen LogP contribution in [0.5, 0.6) is 0 Å². The normalized spacial score (nSPS) is 24.9. The first kappa shape index (κ1) is 19.5. The lowest BCUT2D eigenvalue weighted by Crippen LogP contribution is -2.33. The van der Waals surface area contributed by atoms with Crippen LogP contribution in [-0.4, -0.2) is 27.9 Å². The number of hydrogen-bond donors (Lipinski definition) is 3. The standard InChI is InChI=1S/C15H26O3.CHNO/c1-10-7-12(9-15(3,4)8-10)13(5-6-16)11(2)14(17)18;2-1-3/h10,12-13,16H,2,5-9H2,1,3-4H3,(H,17,18);3H. The SMILES string of the molecule is C=C(C(=O)O)C(CCO)C1CC(C)CC(C)(C)C1.N#CO. The van der Waals surface area contributed by atoms with Crippen molar-refractivity contribution in [2.45, 2.75) is 46.5 Å². The topological polar surface area (TPSA) is 102 Å². The first-order chi connectivity index (χ1) is 9.68. The highest BCUT2D eigenvalue weighted by molar-refractivity contribution is 5.86. The summed E-state index contributed by atoms with van der Waals surface area (Å²) in [7, 11) is 0. The van der Waals surface area contributed by atoms with Crippen molar-refractivity contribution in [3.05, 3.63) is 12.2 Å². The third-order valence-electron chi connectivity index (χ3n) is 4.15. The Balaban J connectivity index is 0.00000122. The Kier molecular flexibility index (Phi) is 8.05. The molecule has 0 radical (unpaired) electrons. The van der Waals surface area contributed by atoms with E-state index in [1.165, 1.54) is 6.42 Å². The molecule has 1 aliphatic rings. The first-order valence-electron chi connectivity index (χ1n) is 7.24. The molecule has 0 aromatic carbocycles. The van der Waals surface area contributed by atoms with E-state index >= 15 is 0 Å². The van der Waals surface area contributed by atoms with Gasteiger partial charge in [-0.3, -0.25) is 0 Å². The molecule has 1 aliphatic carbocycles. The van der Waals surface area contributed by atoms with Crippen molar-refractivity contribution in [2.24, 2.45) is 23.2 Å². The van der Waals surface area contributed by atoms with Gasteiger partial charge in [0.05, 0.1) is 0 Å². The molecular formula is C16H27NO4. The fourth-order valence-electron chi connectivity index (χ4n) is 3.72. The van der Waals surface area contributed by atoms with E-state index < -0.39 is 5.97 Å². The van der Waals surface area contributed by atoms with Crippen LogP contribution in [0.4, 0.5) is 0 Å². The maximum atomic E-state index is 11.1. The molecule has 5 nitrogen and oxygen atoms in total. The minimum absolute atomic E-state index is 0.0300. The molecule has 0 heterocycles. The van der Waals surface area contributed by atoms with Crippen molar-refractivity contribution < 1.29 is 20.1 Å². The van der Waals surface area contributed by atoms with Crippen LogP contribution in [-0.2, 0) is 4.79 Å². The molecule has 0 aromatic rings. The first-order valence-corrected chi connectivity index (χ1v) is 7.24. The van der Waals surface area contributed by atoms with E-state index in [-0.39, 0.29) is 23.5 Å². The second kappa shape index (κ2) is 8.68. The Bertz CT molecular complexity index is 398. The summed E-state index contributed by atoms with van der Waals surface area (Å²) in [5, 5.41) is 32.0. The molecule has 1 fully saturated rings. The summed E-state index contributed by atoms with van der Waals surface area (Å²) >= 11 is 0. The number of aliphatic hydroxyl groups excluding tert-OH is 2. The largest absolute Gasteiger partial charge is 0.478 e. The molecule has 0 spiro atoms. The van der Waals surface area contributed by atoms with Crippen molar-refractivity contribution in [3.63, 3.8) is 0 Å². The van der Waals surface area contributed by atoms with Gasteiger partial charge in [-0.05, 0) is 48.9 Å². The van der Waals surface area contributed by atoms with Crippen LogP contribution in [0.15, 0.2) is 12.2 Å². The minimum atomic E-state index is -0.926. The van der Waals surface area contributed by atoms with Crippen molar-refractivity contribution >= 4 is 5.97 Å². The van der Waals surface area contributed by atoms with Crippen LogP contribution in [0, 0.1) is 34.7 Å². The highest BCUT2D eigenvalue weighted by Crippen LogP contribution is 2.46. The Morgan fingerprint density at radius 2 is 2.00 bits per heavy atom. The van der Waals surface area contributed by atoms with Gasteiger partial charge in [0.1, 0.15) is 0 Å². The van der Waals surface area contributed by atoms with E-state index in [4.69, 9.17) is 20.6 Å². The average molecular weight is 297 g/mol. The molecule has 1 saturated carbocycles. The van der Waals surface area contributed by atoms with Crippen molar-refractivity contribution in [3.8, 4) is 6.26 Å². The van der Waals surface area contributed by atoms with Crippen LogP contribution >= 0.6 is 0 Å². The smallest absolute Gasteiger partial charge is 0.331 e. The van der Waals surface area contributed by atoms with Crippen LogP contribution < -0.4 is 0 Å². The van der Waals surface area contributed by atoms with Gasteiger partial charge >= 0.3 is 5.97 Å². The highest BCUT2D eigenvalue weighted by atomic mass is 16.4. The van der Waals surface area contributed by atoms with E-state index in [0.29, 0.717) is 18.3 Å². The number of aliphatic hydroxyl groups is 2. The zero-order chi connectivity index (χ0) is 16.6. The number of carboxylic acid groups (broad SMARTS) is 1. The van der Waals surface area contributed by atoms with Crippen LogP contribution in [0.1, 0.15) is 46.5 Å². The minimum Gasteiger partial charge on any atom is -0.478 e. The molecule has 0 aromatic heterocycles. The molecule has 120 valence electrons. The highest BCUT2D eigenvalue weighted by Gasteiger charge is 2.37. The molecule has 0 saturated heterocycles. The molecule has 0 bridgehead atoms. The molecular weight excluding hydrogens is 270 g/mol. The molecule has 0 aliphatic heterocycles. The van der Waals surface area contributed by atoms with E-state index in [1.54, 1.807) is 0 Å². The summed E-state index contributed by atoms with van der Waals surface area (Å²) < 4.78 is 0. The number of aliphatic carboxylic acids is 1. The van der Waals surface area contributed by atoms with Crippen LogP contribution in [0.2, 0.25) is 0 Å². The lowest BCUT2D eigenvalue weighted by Gasteiger charge is -2.42. The third kappa shape index (κ3) is 6.63. The molecule has 5 heteroatoms. The molecule has 0 amide bonds. The Morgan fingerprint density at radius 1 is 1.48 bits per heavy atom. The second-order valence-corrected chi connectivity index (χ2v) is 6.72. The predicted molar refractivity (Wildman–Crippen MR) is 79.8 cm³/mol. The average Bonchev–Trinajstić information content (AvgIpc) is 2.33. The predicted octanol–water partition coefficient (Wildman–Crippen LogP) is 2.93. The maximum absolute atomic E-state index is 11.1. The van der Waals surface area contributed by atoms with Gasteiger partial charge in [0, 0.05) is 12.2 Å². The van der Waals surface area contributed by atoms with Gasteiger partial charge in [0.2, 0.25) is 0 Å². The second-order valence-electron chi connectivity index (χ2n) is 6.72. The number of nitriles is 1. The number of rotatable bonds is 5. The van der Waals surface area contributed by atoms with Gasteiger partial charge < -0.3 is 15.3 Å². The maximum Gasteiger partial charge on any atom is 0.331 e. The summed E-state index contributed by atoms with van der Waals surface area (Å²) in [4.78, 5) is 11.1. The van der Waals surface area contributed by atoms with Gasteiger partial charge in [0.15, 0.2) is 0 Å². The van der Waals surface area contributed by atoms with Gasteiger partial charge in [-0.25, -0.2) is 4.79 Å². The molecule has 3 unspecified atom stereocenters. The lowest BCUT2D eigenvalue weighted by molar-refractivity contribution is -0.133. The monoisotopic (exact) mass is 297 g/mol. The van der Waals surface area contributed by atoms with Crippen molar-refractivity contribution in [1.82, 2.24) is 0 Å². The fraction of sp³-hybridized carbons (Fsp3) is 0.750. The summed E-state index contributed by atoms with van der Waals surface area (Å²) in [5.74, 6) is -0.0694. The lowest BCUT2D eigenvalue weighted by atomic mass is 9.63. The zero-order valence-corrected chi connectivity index (χ0v) is 13.2. The summed E-state index contributed by atoms with van der Waals surface area (Å²) in [6, 6.07) is 0. The summed E-state index contributed by atoms with van der Waals surface area (Å²) in [6.07, 6.45) is 4.52. The van der Waals surface area contributed by atoms with E-state index in [9.17, 15) is 4.79 Å². The summed E-state index contributed by atoms with van der Waals surface area (Å²) in [6.45, 7) is 10.5. The number of carbonyl (C=O) groups is 1. The summed E-state index contributed by atoms with van der Waals surface area (Å²) in [5.41, 5.74) is 0.522. The van der Waals surface area contributed by atoms with Gasteiger partial charge in [-0.2, -0.15) is 5.26 Å². The Morgan fingerprint density at radius 3 is 2.38 bits per heavy atom. The Hall–Kier alpha value is -1.54. The van der Waals surface area contributed by atoms with E-state index in [0.717, 1.165) is 19.1 Å². The quantitative estimate of drug-likeness (QED) is 0.535. The number of nitrogens with zero attached hydrogens (tertiary/aromatic N) is 1. The fourth-order valence-corrected chi connectivity index (χ4v) is 3.72. The van der Waals surface area contributed by atoms with Crippen molar-refractivity contribution in [2.75, 3.05) is 6.61 Å². The van der Waals surface area contributed by atoms with Crippen LogP contribution in [0.3, 0.4) is 0 Å². The Labute approximate surface area is 126 Å². The number of hydrogen-bond acceptors (Lipinski definition) is 4. The van der Waals surface area contributed by atoms with Crippen molar-refractivity contribution in [1.29, 1.82) is 5.26 Å².